The first-order valence-electron chi connectivity index (χ1n) is 7.90. The fourth-order valence-corrected chi connectivity index (χ4v) is 3.26. The number of methoxy groups -OCH3 is 1. The van der Waals surface area contributed by atoms with E-state index in [9.17, 15) is 4.79 Å². The van der Waals surface area contributed by atoms with Crippen LogP contribution in [0.2, 0.25) is 0 Å². The summed E-state index contributed by atoms with van der Waals surface area (Å²) in [6, 6.07) is 8.19. The second kappa shape index (κ2) is 6.34. The first-order chi connectivity index (χ1) is 10.7. The van der Waals surface area contributed by atoms with Crippen LogP contribution in [0, 0.1) is 6.92 Å². The number of aryl methyl sites for hydroxylation is 1. The van der Waals surface area contributed by atoms with Gasteiger partial charge in [-0.25, -0.2) is 0 Å². The molecule has 1 aromatic carbocycles. The molecule has 0 aliphatic carbocycles. The summed E-state index contributed by atoms with van der Waals surface area (Å²) in [5.74, 6) is -0.210. The van der Waals surface area contributed by atoms with Crippen molar-refractivity contribution in [3.05, 3.63) is 35.5 Å². The molecule has 116 valence electrons. The van der Waals surface area contributed by atoms with Gasteiger partial charge in [0.05, 0.1) is 24.7 Å². The van der Waals surface area contributed by atoms with Gasteiger partial charge in [0.25, 0.3) is 0 Å². The highest BCUT2D eigenvalue weighted by Gasteiger charge is 2.21. The van der Waals surface area contributed by atoms with Gasteiger partial charge in [-0.3, -0.25) is 9.78 Å². The largest absolute Gasteiger partial charge is 0.469 e. The quantitative estimate of drug-likeness (QED) is 0.816. The van der Waals surface area contributed by atoms with Crippen molar-refractivity contribution in [2.45, 2.75) is 32.6 Å². The molecule has 4 heteroatoms. The fraction of sp³-hybridized carbons (Fsp3) is 0.444. The summed E-state index contributed by atoms with van der Waals surface area (Å²) in [5.41, 5.74) is 4.10. The Balaban J connectivity index is 2.17. The van der Waals surface area contributed by atoms with Crippen molar-refractivity contribution >= 4 is 22.6 Å². The van der Waals surface area contributed by atoms with Crippen LogP contribution in [0.1, 0.15) is 30.5 Å². The Bertz CT molecular complexity index is 691. The van der Waals surface area contributed by atoms with Crippen molar-refractivity contribution in [2.24, 2.45) is 0 Å². The molecule has 4 nitrogen and oxygen atoms in total. The highest BCUT2D eigenvalue weighted by molar-refractivity contribution is 5.95. The zero-order chi connectivity index (χ0) is 15.5. The summed E-state index contributed by atoms with van der Waals surface area (Å²) < 4.78 is 4.88. The summed E-state index contributed by atoms with van der Waals surface area (Å²) in [5, 5.41) is 1.13. The van der Waals surface area contributed by atoms with Crippen molar-refractivity contribution in [1.29, 1.82) is 0 Å². The van der Waals surface area contributed by atoms with Gasteiger partial charge in [-0.05, 0) is 32.3 Å². The highest BCUT2D eigenvalue weighted by Crippen LogP contribution is 2.34. The first-order valence-corrected chi connectivity index (χ1v) is 7.90. The number of carbonyl (C=O) groups is 1. The lowest BCUT2D eigenvalue weighted by Gasteiger charge is -2.32. The first kappa shape index (κ1) is 14.8. The Morgan fingerprint density at radius 3 is 2.68 bits per heavy atom. The maximum Gasteiger partial charge on any atom is 0.310 e. The van der Waals surface area contributed by atoms with E-state index in [2.05, 4.69) is 16.0 Å². The van der Waals surface area contributed by atoms with E-state index in [-0.39, 0.29) is 12.4 Å². The second-order valence-electron chi connectivity index (χ2n) is 5.84. The molecule has 0 unspecified atom stereocenters. The molecule has 1 aromatic heterocycles. The molecule has 3 rings (SSSR count). The summed E-state index contributed by atoms with van der Waals surface area (Å²) in [6.07, 6.45) is 3.97. The van der Waals surface area contributed by atoms with Crippen LogP contribution in [0.15, 0.2) is 24.3 Å². The summed E-state index contributed by atoms with van der Waals surface area (Å²) >= 11 is 0. The number of anilines is 1. The van der Waals surface area contributed by atoms with E-state index in [1.807, 2.05) is 25.1 Å². The van der Waals surface area contributed by atoms with Crippen LogP contribution in [0.3, 0.4) is 0 Å². The molecule has 0 saturated carbocycles. The third-order valence-electron chi connectivity index (χ3n) is 4.39. The molecular formula is C18H22N2O2. The number of esters is 1. The smallest absolute Gasteiger partial charge is 0.310 e. The number of hydrogen-bond donors (Lipinski definition) is 0. The predicted octanol–water partition coefficient (Wildman–Crippen LogP) is 3.25. The van der Waals surface area contributed by atoms with Gasteiger partial charge in [-0.15, -0.1) is 0 Å². The van der Waals surface area contributed by atoms with E-state index >= 15 is 0 Å². The molecule has 0 N–H and O–H groups in total. The molecule has 1 aliphatic rings. The average molecular weight is 298 g/mol. The normalized spacial score (nSPS) is 15.1. The Hall–Kier alpha value is -2.10. The Labute approximate surface area is 131 Å². The molecule has 0 bridgehead atoms. The summed E-state index contributed by atoms with van der Waals surface area (Å²) in [7, 11) is 1.44. The number of rotatable bonds is 3. The lowest BCUT2D eigenvalue weighted by atomic mass is 10.00. The molecule has 0 spiro atoms. The van der Waals surface area contributed by atoms with Crippen LogP contribution in [-0.4, -0.2) is 31.2 Å². The molecule has 22 heavy (non-hydrogen) atoms. The Kier molecular flexibility index (Phi) is 4.27. The van der Waals surface area contributed by atoms with Gasteiger partial charge in [-0.2, -0.15) is 0 Å². The number of hydrogen-bond acceptors (Lipinski definition) is 4. The molecule has 2 aromatic rings. The van der Waals surface area contributed by atoms with Crippen LogP contribution in [0.25, 0.3) is 10.9 Å². The van der Waals surface area contributed by atoms with Crippen LogP contribution in [0.4, 0.5) is 5.69 Å². The molecule has 1 aliphatic heterocycles. The van der Waals surface area contributed by atoms with Crippen molar-refractivity contribution in [3.63, 3.8) is 0 Å². The van der Waals surface area contributed by atoms with Crippen LogP contribution < -0.4 is 4.90 Å². The van der Waals surface area contributed by atoms with Crippen molar-refractivity contribution in [1.82, 2.24) is 4.98 Å². The highest BCUT2D eigenvalue weighted by atomic mass is 16.5. The van der Waals surface area contributed by atoms with E-state index in [0.717, 1.165) is 35.2 Å². The van der Waals surface area contributed by atoms with Crippen LogP contribution >= 0.6 is 0 Å². The minimum atomic E-state index is -0.210. The molecule has 0 radical (unpaired) electrons. The van der Waals surface area contributed by atoms with Crippen LogP contribution in [-0.2, 0) is 16.0 Å². The van der Waals surface area contributed by atoms with E-state index < -0.39 is 0 Å². The number of piperidine rings is 1. The van der Waals surface area contributed by atoms with Gasteiger partial charge in [0, 0.05) is 29.7 Å². The Morgan fingerprint density at radius 2 is 1.95 bits per heavy atom. The maximum atomic E-state index is 11.8. The predicted molar refractivity (Wildman–Crippen MR) is 88.3 cm³/mol. The summed E-state index contributed by atoms with van der Waals surface area (Å²) in [6.45, 7) is 4.07. The van der Waals surface area contributed by atoms with Crippen LogP contribution in [0.5, 0.6) is 0 Å². The van der Waals surface area contributed by atoms with Gasteiger partial charge in [0.1, 0.15) is 0 Å². The zero-order valence-electron chi connectivity index (χ0n) is 13.3. The molecule has 2 heterocycles. The van der Waals surface area contributed by atoms with Gasteiger partial charge in [0.2, 0.25) is 0 Å². The standard InChI is InChI=1S/C18H22N2O2/c1-13-15(12-17(21)22-2)18(20-10-6-3-7-11-20)14-8-4-5-9-16(14)19-13/h4-5,8-9H,3,6-7,10-12H2,1-2H3. The second-order valence-corrected chi connectivity index (χ2v) is 5.84. The van der Waals surface area contributed by atoms with Crippen molar-refractivity contribution < 1.29 is 9.53 Å². The topological polar surface area (TPSA) is 42.4 Å². The molecule has 0 atom stereocenters. The van der Waals surface area contributed by atoms with E-state index in [1.54, 1.807) is 0 Å². The van der Waals surface area contributed by atoms with E-state index in [4.69, 9.17) is 4.74 Å². The van der Waals surface area contributed by atoms with Gasteiger partial charge >= 0.3 is 5.97 Å². The number of para-hydroxylation sites is 1. The fourth-order valence-electron chi connectivity index (χ4n) is 3.26. The number of aromatic nitrogens is 1. The number of nitrogens with zero attached hydrogens (tertiary/aromatic N) is 2. The third-order valence-corrected chi connectivity index (χ3v) is 4.39. The molecular weight excluding hydrogens is 276 g/mol. The Morgan fingerprint density at radius 1 is 1.23 bits per heavy atom. The molecule has 1 saturated heterocycles. The SMILES string of the molecule is COC(=O)Cc1c(C)nc2ccccc2c1N1CCCCC1. The average Bonchev–Trinajstić information content (AvgIpc) is 2.56. The molecule has 1 fully saturated rings. The molecule has 0 amide bonds. The monoisotopic (exact) mass is 298 g/mol. The third kappa shape index (κ3) is 2.78. The lowest BCUT2D eigenvalue weighted by Crippen LogP contribution is -2.31. The lowest BCUT2D eigenvalue weighted by molar-refractivity contribution is -0.139. The number of pyridine rings is 1. The number of fused-ring (bicyclic) bond motifs is 1. The number of carbonyl (C=O) groups excluding carboxylic acids is 1. The zero-order valence-corrected chi connectivity index (χ0v) is 13.3. The van der Waals surface area contributed by atoms with Gasteiger partial charge < -0.3 is 9.64 Å². The van der Waals surface area contributed by atoms with E-state index in [0.29, 0.717) is 0 Å². The minimum Gasteiger partial charge on any atom is -0.469 e. The van der Waals surface area contributed by atoms with Gasteiger partial charge in [0.15, 0.2) is 0 Å². The summed E-state index contributed by atoms with van der Waals surface area (Å²) in [4.78, 5) is 18.9. The number of benzene rings is 1. The van der Waals surface area contributed by atoms with Crippen molar-refractivity contribution in [3.8, 4) is 0 Å². The maximum absolute atomic E-state index is 11.8. The van der Waals surface area contributed by atoms with E-state index in [1.165, 1.54) is 32.1 Å². The minimum absolute atomic E-state index is 0.210. The van der Waals surface area contributed by atoms with Crippen molar-refractivity contribution in [2.75, 3.05) is 25.1 Å². The van der Waals surface area contributed by atoms with Gasteiger partial charge in [-0.1, -0.05) is 18.2 Å². The number of ether oxygens (including phenoxy) is 1.